The van der Waals surface area contributed by atoms with Gasteiger partial charge in [-0.05, 0) is 6.07 Å². The Morgan fingerprint density at radius 3 is 2.92 bits per heavy atom. The lowest BCUT2D eigenvalue weighted by molar-refractivity contribution is 0.262. The highest BCUT2D eigenvalue weighted by Gasteiger charge is 2.03. The first kappa shape index (κ1) is 9.57. The van der Waals surface area contributed by atoms with E-state index in [2.05, 4.69) is 4.98 Å². The molecule has 0 radical (unpaired) electrons. The second-order valence-corrected chi connectivity index (χ2v) is 2.29. The van der Waals surface area contributed by atoms with Gasteiger partial charge in [-0.2, -0.15) is 4.98 Å². The number of pyridine rings is 1. The molecule has 1 heterocycles. The van der Waals surface area contributed by atoms with Gasteiger partial charge in [-0.15, -0.1) is 0 Å². The number of rotatable bonds is 4. The Morgan fingerprint density at radius 2 is 2.31 bits per heavy atom. The van der Waals surface area contributed by atoms with Gasteiger partial charge in [0.1, 0.15) is 13.3 Å². The Hall–Kier alpha value is -1.52. The lowest BCUT2D eigenvalue weighted by Crippen LogP contribution is -2.04. The number of anilines is 1. The largest absolute Gasteiger partial charge is 0.481 e. The van der Waals surface area contributed by atoms with Crippen molar-refractivity contribution in [3.63, 3.8) is 0 Å². The Bertz CT molecular complexity index is 281. The van der Waals surface area contributed by atoms with E-state index in [9.17, 15) is 4.39 Å². The number of nitrogen functional groups attached to an aromatic ring is 1. The third kappa shape index (κ3) is 2.47. The fourth-order valence-electron chi connectivity index (χ4n) is 0.799. The van der Waals surface area contributed by atoms with Crippen molar-refractivity contribution in [3.05, 3.63) is 12.1 Å². The Balaban J connectivity index is 2.78. The summed E-state index contributed by atoms with van der Waals surface area (Å²) in [5.74, 6) is 0.597. The number of nitrogens with zero attached hydrogens (tertiary/aromatic N) is 1. The van der Waals surface area contributed by atoms with Crippen LogP contribution in [0.4, 0.5) is 10.1 Å². The van der Waals surface area contributed by atoms with Crippen molar-refractivity contribution in [2.45, 2.75) is 0 Å². The first-order chi connectivity index (χ1) is 6.27. The first-order valence-electron chi connectivity index (χ1n) is 3.77. The molecule has 0 saturated heterocycles. The minimum atomic E-state index is -0.571. The fraction of sp³-hybridized carbons (Fsp3) is 0.375. The molecule has 0 atom stereocenters. The maximum absolute atomic E-state index is 11.8. The standard InChI is InChI=1S/C8H11FN2O2/c1-12-7-3-2-6(10)8(11-7)13-5-4-9/h2-3H,4-5,10H2,1H3. The van der Waals surface area contributed by atoms with Crippen molar-refractivity contribution in [2.24, 2.45) is 0 Å². The summed E-state index contributed by atoms with van der Waals surface area (Å²) in [4.78, 5) is 3.89. The molecule has 0 aliphatic heterocycles. The number of hydrogen-bond acceptors (Lipinski definition) is 4. The average molecular weight is 186 g/mol. The number of ether oxygens (including phenoxy) is 2. The zero-order chi connectivity index (χ0) is 9.68. The van der Waals surface area contributed by atoms with Gasteiger partial charge >= 0.3 is 0 Å². The molecule has 0 aromatic carbocycles. The molecule has 2 N–H and O–H groups in total. The summed E-state index contributed by atoms with van der Waals surface area (Å²) in [6, 6.07) is 3.21. The van der Waals surface area contributed by atoms with Gasteiger partial charge in [0.2, 0.25) is 11.8 Å². The average Bonchev–Trinajstić information content (AvgIpc) is 2.17. The van der Waals surface area contributed by atoms with Crippen LogP contribution in [0.15, 0.2) is 12.1 Å². The number of halogens is 1. The maximum Gasteiger partial charge on any atom is 0.240 e. The topological polar surface area (TPSA) is 57.4 Å². The van der Waals surface area contributed by atoms with Crippen molar-refractivity contribution in [1.29, 1.82) is 0 Å². The van der Waals surface area contributed by atoms with Crippen LogP contribution in [-0.2, 0) is 0 Å². The predicted molar refractivity (Wildman–Crippen MR) is 46.7 cm³/mol. The van der Waals surface area contributed by atoms with Crippen LogP contribution in [0.25, 0.3) is 0 Å². The molecule has 4 nitrogen and oxygen atoms in total. The lowest BCUT2D eigenvalue weighted by Gasteiger charge is -2.06. The summed E-state index contributed by atoms with van der Waals surface area (Å²) in [6.07, 6.45) is 0. The van der Waals surface area contributed by atoms with Gasteiger partial charge in [-0.25, -0.2) is 4.39 Å². The van der Waals surface area contributed by atoms with Crippen molar-refractivity contribution < 1.29 is 13.9 Å². The first-order valence-corrected chi connectivity index (χ1v) is 3.77. The van der Waals surface area contributed by atoms with Crippen LogP contribution in [0.5, 0.6) is 11.8 Å². The highest BCUT2D eigenvalue weighted by molar-refractivity contribution is 5.49. The van der Waals surface area contributed by atoms with Crippen LogP contribution < -0.4 is 15.2 Å². The van der Waals surface area contributed by atoms with E-state index in [1.54, 1.807) is 12.1 Å². The maximum atomic E-state index is 11.8. The highest BCUT2D eigenvalue weighted by Crippen LogP contribution is 2.21. The monoisotopic (exact) mass is 186 g/mol. The van der Waals surface area contributed by atoms with E-state index in [0.717, 1.165) is 0 Å². The number of methoxy groups -OCH3 is 1. The highest BCUT2D eigenvalue weighted by atomic mass is 19.1. The Morgan fingerprint density at radius 1 is 1.54 bits per heavy atom. The molecule has 0 unspecified atom stereocenters. The van der Waals surface area contributed by atoms with Gasteiger partial charge < -0.3 is 15.2 Å². The van der Waals surface area contributed by atoms with Crippen LogP contribution in [0.1, 0.15) is 0 Å². The van der Waals surface area contributed by atoms with Gasteiger partial charge in [0.05, 0.1) is 12.8 Å². The third-order valence-corrected chi connectivity index (χ3v) is 1.39. The van der Waals surface area contributed by atoms with E-state index < -0.39 is 6.67 Å². The number of alkyl halides is 1. The van der Waals surface area contributed by atoms with E-state index in [1.165, 1.54) is 7.11 Å². The second-order valence-electron chi connectivity index (χ2n) is 2.29. The van der Waals surface area contributed by atoms with E-state index in [4.69, 9.17) is 15.2 Å². The van der Waals surface area contributed by atoms with Crippen molar-refractivity contribution >= 4 is 5.69 Å². The molecule has 72 valence electrons. The van der Waals surface area contributed by atoms with Crippen LogP contribution in [0.3, 0.4) is 0 Å². The smallest absolute Gasteiger partial charge is 0.240 e. The minimum Gasteiger partial charge on any atom is -0.481 e. The summed E-state index contributed by atoms with van der Waals surface area (Å²) in [5, 5.41) is 0. The summed E-state index contributed by atoms with van der Waals surface area (Å²) in [7, 11) is 1.48. The molecular weight excluding hydrogens is 175 g/mol. The van der Waals surface area contributed by atoms with Crippen LogP contribution in [-0.4, -0.2) is 25.4 Å². The van der Waals surface area contributed by atoms with E-state index in [-0.39, 0.29) is 12.5 Å². The van der Waals surface area contributed by atoms with E-state index in [1.807, 2.05) is 0 Å². The summed E-state index contributed by atoms with van der Waals surface area (Å²) in [6.45, 7) is -0.622. The van der Waals surface area contributed by atoms with Crippen molar-refractivity contribution in [3.8, 4) is 11.8 Å². The number of aromatic nitrogens is 1. The van der Waals surface area contributed by atoms with E-state index >= 15 is 0 Å². The zero-order valence-electron chi connectivity index (χ0n) is 7.29. The molecule has 1 aromatic rings. The van der Waals surface area contributed by atoms with Gasteiger partial charge in [0, 0.05) is 6.07 Å². The molecule has 0 aliphatic rings. The second kappa shape index (κ2) is 4.49. The molecule has 0 fully saturated rings. The SMILES string of the molecule is COc1ccc(N)c(OCCF)n1. The lowest BCUT2D eigenvalue weighted by atomic mass is 10.4. The van der Waals surface area contributed by atoms with Gasteiger partial charge in [-0.3, -0.25) is 0 Å². The Labute approximate surface area is 75.5 Å². The van der Waals surface area contributed by atoms with Crippen LogP contribution >= 0.6 is 0 Å². The van der Waals surface area contributed by atoms with Crippen molar-refractivity contribution in [2.75, 3.05) is 26.1 Å². The molecule has 5 heteroatoms. The Kier molecular flexibility index (Phi) is 3.31. The fourth-order valence-corrected chi connectivity index (χ4v) is 0.799. The third-order valence-electron chi connectivity index (χ3n) is 1.39. The minimum absolute atomic E-state index is 0.0512. The summed E-state index contributed by atoms with van der Waals surface area (Å²) < 4.78 is 21.6. The molecule has 0 amide bonds. The summed E-state index contributed by atoms with van der Waals surface area (Å²) >= 11 is 0. The zero-order valence-corrected chi connectivity index (χ0v) is 7.29. The molecule has 0 bridgehead atoms. The molecule has 0 saturated carbocycles. The van der Waals surface area contributed by atoms with Crippen LogP contribution in [0, 0.1) is 0 Å². The molecule has 1 rings (SSSR count). The van der Waals surface area contributed by atoms with Crippen molar-refractivity contribution in [1.82, 2.24) is 4.98 Å². The number of nitrogens with two attached hydrogens (primary N) is 1. The van der Waals surface area contributed by atoms with Crippen LogP contribution in [0.2, 0.25) is 0 Å². The van der Waals surface area contributed by atoms with E-state index in [0.29, 0.717) is 11.6 Å². The molecule has 0 spiro atoms. The molecular formula is C8H11FN2O2. The van der Waals surface area contributed by atoms with Gasteiger partial charge in [0.25, 0.3) is 0 Å². The van der Waals surface area contributed by atoms with Gasteiger partial charge in [-0.1, -0.05) is 0 Å². The predicted octanol–water partition coefficient (Wildman–Crippen LogP) is 1.02. The summed E-state index contributed by atoms with van der Waals surface area (Å²) in [5.41, 5.74) is 5.89. The molecule has 1 aromatic heterocycles. The van der Waals surface area contributed by atoms with Gasteiger partial charge in [0.15, 0.2) is 0 Å². The molecule has 13 heavy (non-hydrogen) atoms. The number of hydrogen-bond donors (Lipinski definition) is 1. The quantitative estimate of drug-likeness (QED) is 0.762. The normalized spacial score (nSPS) is 9.69. The molecule has 0 aliphatic carbocycles.